The smallest absolute Gasteiger partial charge is 0.220 e. The van der Waals surface area contributed by atoms with E-state index in [1.165, 1.54) is 6.20 Å². The predicted molar refractivity (Wildman–Crippen MR) is 41.5 cm³/mol. The molecule has 0 radical (unpaired) electrons. The summed E-state index contributed by atoms with van der Waals surface area (Å²) in [6, 6.07) is 3.60. The van der Waals surface area contributed by atoms with Crippen molar-refractivity contribution in [1.29, 1.82) is 0 Å². The fraction of sp³-hybridized carbons (Fsp3) is 0. The highest BCUT2D eigenvalue weighted by Crippen LogP contribution is 1.94. The van der Waals surface area contributed by atoms with Gasteiger partial charge >= 0.3 is 0 Å². The summed E-state index contributed by atoms with van der Waals surface area (Å²) in [5.74, 6) is 0. The van der Waals surface area contributed by atoms with E-state index in [0.29, 0.717) is 5.52 Å². The van der Waals surface area contributed by atoms with Crippen molar-refractivity contribution in [2.75, 3.05) is 0 Å². The normalized spacial score (nSPS) is 10.2. The van der Waals surface area contributed by atoms with Gasteiger partial charge in [0.25, 0.3) is 0 Å². The van der Waals surface area contributed by atoms with E-state index in [4.69, 9.17) is 0 Å². The first-order chi connectivity index (χ1) is 5.38. The van der Waals surface area contributed by atoms with Crippen molar-refractivity contribution < 1.29 is 0 Å². The molecule has 0 aliphatic heterocycles. The second kappa shape index (κ2) is 2.20. The minimum Gasteiger partial charge on any atom is -0.319 e. The second-order valence-electron chi connectivity index (χ2n) is 2.24. The van der Waals surface area contributed by atoms with Crippen LogP contribution in [0, 0.1) is 0 Å². The summed E-state index contributed by atoms with van der Waals surface area (Å²) in [5.41, 5.74) is 0.600. The molecule has 0 aliphatic rings. The van der Waals surface area contributed by atoms with Gasteiger partial charge in [0.15, 0.2) is 0 Å². The predicted octanol–water partition coefficient (Wildman–Crippen LogP) is 0.694. The van der Waals surface area contributed by atoms with Gasteiger partial charge in [-0.2, -0.15) is 0 Å². The average Bonchev–Trinajstić information content (AvgIpc) is 2.40. The van der Waals surface area contributed by atoms with Crippen LogP contribution < -0.4 is 5.43 Å². The molecular formula is C8H6N2O. The molecule has 2 rings (SSSR count). The van der Waals surface area contributed by atoms with Crippen LogP contribution in [0.15, 0.2) is 41.7 Å². The van der Waals surface area contributed by atoms with Crippen molar-refractivity contribution in [2.24, 2.45) is 0 Å². The number of fused-ring (bicyclic) bond motifs is 1. The molecule has 11 heavy (non-hydrogen) atoms. The average molecular weight is 146 g/mol. The topological polar surface area (TPSA) is 34.4 Å². The van der Waals surface area contributed by atoms with Crippen molar-refractivity contribution in [1.82, 2.24) is 9.38 Å². The molecule has 0 saturated carbocycles. The highest BCUT2D eigenvalue weighted by atomic mass is 16.1. The minimum atomic E-state index is -0.0556. The third-order valence-corrected chi connectivity index (χ3v) is 1.54. The number of hydrogen-bond acceptors (Lipinski definition) is 2. The Morgan fingerprint density at radius 2 is 2.27 bits per heavy atom. The summed E-state index contributed by atoms with van der Waals surface area (Å²) >= 11 is 0. The van der Waals surface area contributed by atoms with Crippen LogP contribution in [-0.2, 0) is 0 Å². The van der Waals surface area contributed by atoms with Gasteiger partial charge in [0, 0.05) is 18.6 Å². The third-order valence-electron chi connectivity index (χ3n) is 1.54. The summed E-state index contributed by atoms with van der Waals surface area (Å²) in [4.78, 5) is 14.9. The monoisotopic (exact) mass is 146 g/mol. The van der Waals surface area contributed by atoms with Crippen LogP contribution in [0.25, 0.3) is 5.52 Å². The van der Waals surface area contributed by atoms with Gasteiger partial charge in [0.05, 0.1) is 11.7 Å². The molecule has 0 aliphatic carbocycles. The molecule has 2 heterocycles. The molecule has 0 aromatic carbocycles. The van der Waals surface area contributed by atoms with Crippen molar-refractivity contribution in [2.45, 2.75) is 0 Å². The van der Waals surface area contributed by atoms with Crippen LogP contribution in [-0.4, -0.2) is 9.38 Å². The Kier molecular flexibility index (Phi) is 1.22. The van der Waals surface area contributed by atoms with Crippen molar-refractivity contribution >= 4 is 5.52 Å². The fourth-order valence-electron chi connectivity index (χ4n) is 1.02. The van der Waals surface area contributed by atoms with Gasteiger partial charge in [-0.05, 0) is 12.1 Å². The van der Waals surface area contributed by atoms with Gasteiger partial charge in [0.2, 0.25) is 5.43 Å². The molecule has 0 unspecified atom stereocenters. The largest absolute Gasteiger partial charge is 0.319 e. The SMILES string of the molecule is O=c1cnccn2cccc12. The maximum atomic E-state index is 11.2. The Bertz CT molecular complexity index is 433. The minimum absolute atomic E-state index is 0.0556. The maximum Gasteiger partial charge on any atom is 0.220 e. The number of rotatable bonds is 0. The van der Waals surface area contributed by atoms with E-state index in [2.05, 4.69) is 4.98 Å². The van der Waals surface area contributed by atoms with Gasteiger partial charge < -0.3 is 4.40 Å². The Morgan fingerprint density at radius 1 is 1.36 bits per heavy atom. The number of aromatic nitrogens is 2. The van der Waals surface area contributed by atoms with Gasteiger partial charge in [-0.3, -0.25) is 9.78 Å². The van der Waals surface area contributed by atoms with E-state index < -0.39 is 0 Å². The van der Waals surface area contributed by atoms with Gasteiger partial charge in [-0.15, -0.1) is 0 Å². The lowest BCUT2D eigenvalue weighted by molar-refractivity contribution is 1.20. The fourth-order valence-corrected chi connectivity index (χ4v) is 1.02. The highest BCUT2D eigenvalue weighted by molar-refractivity contribution is 5.45. The maximum absolute atomic E-state index is 11.2. The van der Waals surface area contributed by atoms with Gasteiger partial charge in [-0.25, -0.2) is 0 Å². The van der Waals surface area contributed by atoms with Crippen molar-refractivity contribution in [3.63, 3.8) is 0 Å². The zero-order valence-corrected chi connectivity index (χ0v) is 5.77. The molecule has 0 fully saturated rings. The first-order valence-corrected chi connectivity index (χ1v) is 3.29. The zero-order chi connectivity index (χ0) is 7.68. The first-order valence-electron chi connectivity index (χ1n) is 3.29. The third kappa shape index (κ3) is 0.902. The van der Waals surface area contributed by atoms with Gasteiger partial charge in [-0.1, -0.05) is 0 Å². The Hall–Kier alpha value is -1.64. The van der Waals surface area contributed by atoms with E-state index in [9.17, 15) is 4.79 Å². The quantitative estimate of drug-likeness (QED) is 0.548. The molecule has 0 N–H and O–H groups in total. The molecule has 3 heteroatoms. The lowest BCUT2D eigenvalue weighted by Gasteiger charge is -1.80. The zero-order valence-electron chi connectivity index (χ0n) is 5.77. The molecular weight excluding hydrogens is 140 g/mol. The van der Waals surface area contributed by atoms with Crippen LogP contribution in [0.1, 0.15) is 0 Å². The lowest BCUT2D eigenvalue weighted by atomic mass is 10.5. The summed E-state index contributed by atoms with van der Waals surface area (Å²) in [5, 5.41) is 0. The standard InChI is InChI=1S/C8H6N2O/c11-8-6-9-3-5-10-4-1-2-7(8)10/h1-6H. The summed E-state index contributed by atoms with van der Waals surface area (Å²) in [6.45, 7) is 0. The van der Waals surface area contributed by atoms with Crippen LogP contribution in [0.3, 0.4) is 0 Å². The Morgan fingerprint density at radius 3 is 3.18 bits per heavy atom. The van der Waals surface area contributed by atoms with E-state index in [0.717, 1.165) is 0 Å². The van der Waals surface area contributed by atoms with E-state index >= 15 is 0 Å². The van der Waals surface area contributed by atoms with Crippen LogP contribution >= 0.6 is 0 Å². The second-order valence-corrected chi connectivity index (χ2v) is 2.24. The Balaban J connectivity index is 3.09. The summed E-state index contributed by atoms with van der Waals surface area (Å²) in [6.07, 6.45) is 6.47. The van der Waals surface area contributed by atoms with E-state index in [1.54, 1.807) is 22.9 Å². The molecule has 0 spiro atoms. The number of hydrogen-bond donors (Lipinski definition) is 0. The molecule has 54 valence electrons. The first kappa shape index (κ1) is 6.09. The van der Waals surface area contributed by atoms with Crippen molar-refractivity contribution in [3.8, 4) is 0 Å². The lowest BCUT2D eigenvalue weighted by Crippen LogP contribution is -1.96. The molecule has 0 amide bonds. The van der Waals surface area contributed by atoms with Crippen LogP contribution in [0.4, 0.5) is 0 Å². The molecule has 0 saturated heterocycles. The molecule has 3 nitrogen and oxygen atoms in total. The highest BCUT2D eigenvalue weighted by Gasteiger charge is 1.91. The van der Waals surface area contributed by atoms with E-state index in [-0.39, 0.29) is 5.43 Å². The Labute approximate surface area is 62.9 Å². The molecule has 0 bridgehead atoms. The van der Waals surface area contributed by atoms with Crippen LogP contribution in [0.5, 0.6) is 0 Å². The van der Waals surface area contributed by atoms with Crippen LogP contribution in [0.2, 0.25) is 0 Å². The molecule has 2 aromatic rings. The summed E-state index contributed by atoms with van der Waals surface area (Å²) < 4.78 is 1.75. The van der Waals surface area contributed by atoms with E-state index in [1.807, 2.05) is 12.3 Å². The summed E-state index contributed by atoms with van der Waals surface area (Å²) in [7, 11) is 0. The number of nitrogens with zero attached hydrogens (tertiary/aromatic N) is 2. The molecule has 2 aromatic heterocycles. The van der Waals surface area contributed by atoms with Gasteiger partial charge in [0.1, 0.15) is 0 Å². The van der Waals surface area contributed by atoms with Crippen molar-refractivity contribution in [3.05, 3.63) is 47.1 Å². The molecule has 0 atom stereocenters.